The van der Waals surface area contributed by atoms with Gasteiger partial charge in [-0.25, -0.2) is 9.59 Å². The summed E-state index contributed by atoms with van der Waals surface area (Å²) in [6.45, 7) is 9.32. The molecule has 1 unspecified atom stereocenters. The molecular weight excluding hydrogens is 570 g/mol. The number of anilines is 2. The highest BCUT2D eigenvalue weighted by molar-refractivity contribution is 5.99. The Morgan fingerprint density at radius 3 is 1.83 bits per heavy atom. The summed E-state index contributed by atoms with van der Waals surface area (Å²) in [5, 5.41) is 3.63. The molecule has 0 bridgehead atoms. The lowest BCUT2D eigenvalue weighted by molar-refractivity contribution is 0.0880. The summed E-state index contributed by atoms with van der Waals surface area (Å²) in [6.07, 6.45) is 9.49. The van der Waals surface area contributed by atoms with Crippen LogP contribution in [0, 0.1) is 0 Å². The molecule has 1 heterocycles. The Bertz CT molecular complexity index is 1220. The molecule has 3 aromatic carbocycles. The molecule has 1 aliphatic rings. The van der Waals surface area contributed by atoms with Crippen LogP contribution < -0.4 is 10.2 Å². The van der Waals surface area contributed by atoms with Gasteiger partial charge in [0.05, 0.1) is 17.4 Å². The van der Waals surface area contributed by atoms with Crippen molar-refractivity contribution in [1.82, 2.24) is 20.0 Å². The van der Waals surface area contributed by atoms with Gasteiger partial charge in [0.2, 0.25) is 0 Å². The van der Waals surface area contributed by atoms with Crippen LogP contribution in [0.4, 0.5) is 21.0 Å². The van der Waals surface area contributed by atoms with Gasteiger partial charge in [-0.3, -0.25) is 4.90 Å². The van der Waals surface area contributed by atoms with E-state index in [-0.39, 0.29) is 18.1 Å². The van der Waals surface area contributed by atoms with E-state index in [2.05, 4.69) is 54.4 Å². The Hall–Kier alpha value is -3.84. The summed E-state index contributed by atoms with van der Waals surface area (Å²) >= 11 is 0. The van der Waals surface area contributed by atoms with E-state index < -0.39 is 0 Å². The fourth-order valence-electron chi connectivity index (χ4n) is 6.24. The van der Waals surface area contributed by atoms with Crippen molar-refractivity contribution < 1.29 is 9.59 Å². The predicted molar refractivity (Wildman–Crippen MR) is 191 cm³/mol. The molecule has 0 radical (unpaired) electrons. The standard InChI is InChI=1S/C39H55N5O2/c1-3-5-16-29-41(30-17-6-4-2)38(45)42-31-32-43(37(33-42)26-28-40-27-18-21-34-19-10-7-11-20-34)39(46)44(35-22-12-8-13-23-35)36-24-14-9-15-25-36/h7-15,19-20,22-25,37,40H,3-6,16-18,21,26-33H2,1-2H3. The van der Waals surface area contributed by atoms with E-state index in [0.717, 1.165) is 95.3 Å². The van der Waals surface area contributed by atoms with Crippen LogP contribution in [0.5, 0.6) is 0 Å². The SMILES string of the molecule is CCCCCN(CCCCC)C(=O)N1CCN(C(=O)N(c2ccccc2)c2ccccc2)C(CCNCCCc2ccccc2)C1. The van der Waals surface area contributed by atoms with Crippen LogP contribution in [-0.2, 0) is 6.42 Å². The number of benzene rings is 3. The summed E-state index contributed by atoms with van der Waals surface area (Å²) in [5.41, 5.74) is 3.04. The Kier molecular flexibility index (Phi) is 14.9. The topological polar surface area (TPSA) is 59.1 Å². The number of nitrogens with zero attached hydrogens (tertiary/aromatic N) is 4. The van der Waals surface area contributed by atoms with Crippen molar-refractivity contribution in [2.75, 3.05) is 50.7 Å². The van der Waals surface area contributed by atoms with Gasteiger partial charge >= 0.3 is 12.1 Å². The molecule has 1 N–H and O–H groups in total. The molecule has 0 saturated carbocycles. The predicted octanol–water partition coefficient (Wildman–Crippen LogP) is 8.35. The van der Waals surface area contributed by atoms with Crippen molar-refractivity contribution in [1.29, 1.82) is 0 Å². The second kappa shape index (κ2) is 19.6. The molecule has 4 amide bonds. The van der Waals surface area contributed by atoms with E-state index in [0.29, 0.717) is 19.6 Å². The van der Waals surface area contributed by atoms with Crippen LogP contribution >= 0.6 is 0 Å². The number of aryl methyl sites for hydroxylation is 1. The number of unbranched alkanes of at least 4 members (excludes halogenated alkanes) is 4. The molecule has 1 atom stereocenters. The van der Waals surface area contributed by atoms with Crippen LogP contribution in [0.2, 0.25) is 0 Å². The minimum Gasteiger partial charge on any atom is -0.325 e. The molecule has 0 aliphatic carbocycles. The van der Waals surface area contributed by atoms with Crippen LogP contribution in [0.25, 0.3) is 0 Å². The zero-order chi connectivity index (χ0) is 32.4. The molecular formula is C39H55N5O2. The number of piperazine rings is 1. The van der Waals surface area contributed by atoms with Gasteiger partial charge in [-0.1, -0.05) is 106 Å². The lowest BCUT2D eigenvalue weighted by Crippen LogP contribution is -2.61. The monoisotopic (exact) mass is 625 g/mol. The number of carbonyl (C=O) groups excluding carboxylic acids is 2. The van der Waals surface area contributed by atoms with Crippen LogP contribution in [0.1, 0.15) is 70.8 Å². The third-order valence-corrected chi connectivity index (χ3v) is 8.87. The first-order valence-corrected chi connectivity index (χ1v) is 17.6. The van der Waals surface area contributed by atoms with Gasteiger partial charge in [-0.15, -0.1) is 0 Å². The average molecular weight is 626 g/mol. The van der Waals surface area contributed by atoms with E-state index in [1.807, 2.05) is 75.4 Å². The largest absolute Gasteiger partial charge is 0.329 e. The number of urea groups is 2. The fraction of sp³-hybridized carbons (Fsp3) is 0.487. The van der Waals surface area contributed by atoms with Gasteiger partial charge in [0.1, 0.15) is 0 Å². The Morgan fingerprint density at radius 1 is 0.696 bits per heavy atom. The zero-order valence-electron chi connectivity index (χ0n) is 28.2. The maximum absolute atomic E-state index is 14.5. The third-order valence-electron chi connectivity index (χ3n) is 8.87. The highest BCUT2D eigenvalue weighted by atomic mass is 16.2. The van der Waals surface area contributed by atoms with Gasteiger partial charge < -0.3 is 20.0 Å². The van der Waals surface area contributed by atoms with E-state index in [1.54, 1.807) is 0 Å². The number of hydrogen-bond acceptors (Lipinski definition) is 3. The lowest BCUT2D eigenvalue weighted by Gasteiger charge is -2.44. The number of hydrogen-bond donors (Lipinski definition) is 1. The number of nitrogens with one attached hydrogen (secondary N) is 1. The van der Waals surface area contributed by atoms with E-state index >= 15 is 0 Å². The minimum atomic E-state index is -0.0881. The van der Waals surface area contributed by atoms with E-state index in [9.17, 15) is 9.59 Å². The van der Waals surface area contributed by atoms with Crippen molar-refractivity contribution in [3.63, 3.8) is 0 Å². The molecule has 1 aliphatic heterocycles. The van der Waals surface area contributed by atoms with E-state index in [4.69, 9.17) is 0 Å². The maximum atomic E-state index is 14.5. The highest BCUT2D eigenvalue weighted by Crippen LogP contribution is 2.28. The zero-order valence-corrected chi connectivity index (χ0v) is 28.2. The second-order valence-corrected chi connectivity index (χ2v) is 12.4. The number of carbonyl (C=O) groups is 2. The molecule has 7 nitrogen and oxygen atoms in total. The van der Waals surface area contributed by atoms with Gasteiger partial charge in [0.15, 0.2) is 0 Å². The lowest BCUT2D eigenvalue weighted by atomic mass is 10.1. The molecule has 46 heavy (non-hydrogen) atoms. The summed E-state index contributed by atoms with van der Waals surface area (Å²) in [5.74, 6) is 0. The van der Waals surface area contributed by atoms with Crippen molar-refractivity contribution in [3.8, 4) is 0 Å². The Labute approximate surface area is 277 Å². The molecule has 3 aromatic rings. The fourth-order valence-corrected chi connectivity index (χ4v) is 6.24. The van der Waals surface area contributed by atoms with Gasteiger partial charge in [0.25, 0.3) is 0 Å². The second-order valence-electron chi connectivity index (χ2n) is 12.4. The van der Waals surface area contributed by atoms with Crippen LogP contribution in [0.3, 0.4) is 0 Å². The molecule has 1 fully saturated rings. The van der Waals surface area contributed by atoms with Gasteiger partial charge in [-0.2, -0.15) is 0 Å². The molecule has 248 valence electrons. The quantitative estimate of drug-likeness (QED) is 0.153. The summed E-state index contributed by atoms with van der Waals surface area (Å²) in [7, 11) is 0. The number of amides is 4. The maximum Gasteiger partial charge on any atom is 0.329 e. The van der Waals surface area contributed by atoms with E-state index in [1.165, 1.54) is 5.56 Å². The van der Waals surface area contributed by atoms with Crippen molar-refractivity contribution in [2.24, 2.45) is 0 Å². The third kappa shape index (κ3) is 10.6. The van der Waals surface area contributed by atoms with Gasteiger partial charge in [0, 0.05) is 32.7 Å². The molecule has 0 spiro atoms. The van der Waals surface area contributed by atoms with Crippen molar-refractivity contribution in [2.45, 2.75) is 77.7 Å². The number of para-hydroxylation sites is 2. The van der Waals surface area contributed by atoms with Gasteiger partial charge in [-0.05, 0) is 75.0 Å². The van der Waals surface area contributed by atoms with Crippen molar-refractivity contribution >= 4 is 23.4 Å². The first kappa shape index (κ1) is 35.0. The minimum absolute atomic E-state index is 0.0404. The molecule has 1 saturated heterocycles. The Balaban J connectivity index is 1.48. The average Bonchev–Trinajstić information content (AvgIpc) is 3.10. The Morgan fingerprint density at radius 2 is 1.26 bits per heavy atom. The van der Waals surface area contributed by atoms with Crippen LogP contribution in [0.15, 0.2) is 91.0 Å². The first-order valence-electron chi connectivity index (χ1n) is 17.6. The smallest absolute Gasteiger partial charge is 0.325 e. The molecule has 7 heteroatoms. The summed E-state index contributed by atoms with van der Waals surface area (Å²) in [4.78, 5) is 36.3. The molecule has 0 aromatic heterocycles. The highest BCUT2D eigenvalue weighted by Gasteiger charge is 2.36. The number of rotatable bonds is 17. The normalized spacial score (nSPS) is 14.7. The van der Waals surface area contributed by atoms with Crippen molar-refractivity contribution in [3.05, 3.63) is 96.6 Å². The summed E-state index contributed by atoms with van der Waals surface area (Å²) in [6, 6.07) is 30.4. The van der Waals surface area contributed by atoms with Crippen LogP contribution in [-0.4, -0.2) is 78.6 Å². The molecule has 4 rings (SSSR count). The first-order chi connectivity index (χ1) is 22.6. The summed E-state index contributed by atoms with van der Waals surface area (Å²) < 4.78 is 0.